The number of hydroxylamine groups is 2. The summed E-state index contributed by atoms with van der Waals surface area (Å²) in [4.78, 5) is 16.9. The third-order valence-electron chi connectivity index (χ3n) is 2.34. The van der Waals surface area contributed by atoms with Gasteiger partial charge in [0, 0.05) is 5.69 Å². The normalized spacial score (nSPS) is 15.6. The van der Waals surface area contributed by atoms with Gasteiger partial charge in [-0.1, -0.05) is 12.1 Å². The largest absolute Gasteiger partial charge is 0.399 e. The highest BCUT2D eigenvalue weighted by molar-refractivity contribution is 5.78. The van der Waals surface area contributed by atoms with Gasteiger partial charge in [0.1, 0.15) is 0 Å². The fourth-order valence-corrected chi connectivity index (χ4v) is 1.61. The lowest BCUT2D eigenvalue weighted by atomic mass is 10.1. The molecule has 1 fully saturated rings. The zero-order chi connectivity index (χ0) is 10.7. The standard InChI is InChI=1S/C11H14N2O2/c12-10-4-1-3-9(7-10)8-11(14)13-5-2-6-15-13/h1,3-4,7H,2,5-6,8,12H2. The number of nitrogens with two attached hydrogens (primary N) is 1. The number of carbonyl (C=O) groups excluding carboxylic acids is 1. The Hall–Kier alpha value is -1.55. The van der Waals surface area contributed by atoms with E-state index in [1.54, 1.807) is 6.07 Å². The molecule has 1 aliphatic heterocycles. The highest BCUT2D eigenvalue weighted by Crippen LogP contribution is 2.11. The van der Waals surface area contributed by atoms with Crippen molar-refractivity contribution in [1.29, 1.82) is 0 Å². The molecule has 0 unspecified atom stereocenters. The number of nitrogens with zero attached hydrogens (tertiary/aromatic N) is 1. The Balaban J connectivity index is 1.99. The van der Waals surface area contributed by atoms with Crippen LogP contribution in [0.15, 0.2) is 24.3 Å². The van der Waals surface area contributed by atoms with Crippen LogP contribution in [0.5, 0.6) is 0 Å². The molecule has 1 aromatic carbocycles. The fraction of sp³-hybridized carbons (Fsp3) is 0.364. The predicted octanol–water partition coefficient (Wildman–Crippen LogP) is 0.975. The molecule has 15 heavy (non-hydrogen) atoms. The number of hydrogen-bond donors (Lipinski definition) is 1. The summed E-state index contributed by atoms with van der Waals surface area (Å²) >= 11 is 0. The number of amides is 1. The molecule has 0 atom stereocenters. The molecule has 0 spiro atoms. The van der Waals surface area contributed by atoms with Crippen LogP contribution in [0.4, 0.5) is 5.69 Å². The van der Waals surface area contributed by atoms with Gasteiger partial charge in [0.15, 0.2) is 0 Å². The van der Waals surface area contributed by atoms with E-state index in [0.29, 0.717) is 25.3 Å². The molecule has 1 aromatic rings. The molecule has 80 valence electrons. The Labute approximate surface area is 88.6 Å². The van der Waals surface area contributed by atoms with E-state index in [2.05, 4.69) is 0 Å². The number of hydrogen-bond acceptors (Lipinski definition) is 3. The van der Waals surface area contributed by atoms with Gasteiger partial charge in [0.05, 0.1) is 19.6 Å². The quantitative estimate of drug-likeness (QED) is 0.734. The van der Waals surface area contributed by atoms with E-state index in [1.807, 2.05) is 18.2 Å². The minimum atomic E-state index is -0.00176. The van der Waals surface area contributed by atoms with E-state index in [1.165, 1.54) is 5.06 Å². The molecule has 2 rings (SSSR count). The Morgan fingerprint density at radius 3 is 3.07 bits per heavy atom. The van der Waals surface area contributed by atoms with Gasteiger partial charge in [-0.15, -0.1) is 0 Å². The van der Waals surface area contributed by atoms with Gasteiger partial charge in [-0.05, 0) is 24.1 Å². The summed E-state index contributed by atoms with van der Waals surface area (Å²) in [6.07, 6.45) is 1.27. The molecule has 0 saturated carbocycles. The summed E-state index contributed by atoms with van der Waals surface area (Å²) < 4.78 is 0. The van der Waals surface area contributed by atoms with Crippen molar-refractivity contribution in [2.75, 3.05) is 18.9 Å². The zero-order valence-corrected chi connectivity index (χ0v) is 8.48. The molecule has 1 amide bonds. The maximum Gasteiger partial charge on any atom is 0.250 e. The second kappa shape index (κ2) is 4.31. The second-order valence-corrected chi connectivity index (χ2v) is 3.60. The molecule has 4 heteroatoms. The van der Waals surface area contributed by atoms with Crippen molar-refractivity contribution in [3.63, 3.8) is 0 Å². The van der Waals surface area contributed by atoms with E-state index in [-0.39, 0.29) is 5.91 Å². The molecule has 2 N–H and O–H groups in total. The first-order valence-electron chi connectivity index (χ1n) is 5.03. The number of rotatable bonds is 2. The van der Waals surface area contributed by atoms with Crippen molar-refractivity contribution < 1.29 is 9.63 Å². The smallest absolute Gasteiger partial charge is 0.250 e. The summed E-state index contributed by atoms with van der Waals surface area (Å²) in [6.45, 7) is 1.34. The van der Waals surface area contributed by atoms with Crippen LogP contribution in [0.2, 0.25) is 0 Å². The summed E-state index contributed by atoms with van der Waals surface area (Å²) in [7, 11) is 0. The molecule has 0 bridgehead atoms. The molecule has 1 saturated heterocycles. The SMILES string of the molecule is Nc1cccc(CC(=O)N2CCCO2)c1. The van der Waals surface area contributed by atoms with Gasteiger partial charge in [-0.2, -0.15) is 0 Å². The zero-order valence-electron chi connectivity index (χ0n) is 8.48. The van der Waals surface area contributed by atoms with Gasteiger partial charge < -0.3 is 5.73 Å². The van der Waals surface area contributed by atoms with Crippen molar-refractivity contribution in [3.8, 4) is 0 Å². The fourth-order valence-electron chi connectivity index (χ4n) is 1.61. The van der Waals surface area contributed by atoms with Crippen LogP contribution >= 0.6 is 0 Å². The summed E-state index contributed by atoms with van der Waals surface area (Å²) in [5, 5.41) is 1.43. The second-order valence-electron chi connectivity index (χ2n) is 3.60. The van der Waals surface area contributed by atoms with Crippen LogP contribution in [0, 0.1) is 0 Å². The lowest BCUT2D eigenvalue weighted by Crippen LogP contribution is -2.27. The van der Waals surface area contributed by atoms with Crippen LogP contribution in [0.25, 0.3) is 0 Å². The van der Waals surface area contributed by atoms with Crippen LogP contribution in [-0.4, -0.2) is 24.1 Å². The summed E-state index contributed by atoms with van der Waals surface area (Å²) in [5.41, 5.74) is 7.24. The Morgan fingerprint density at radius 1 is 1.53 bits per heavy atom. The average Bonchev–Trinajstić information content (AvgIpc) is 2.70. The van der Waals surface area contributed by atoms with Crippen molar-refractivity contribution >= 4 is 11.6 Å². The lowest BCUT2D eigenvalue weighted by Gasteiger charge is -2.13. The number of nitrogen functional groups attached to an aromatic ring is 1. The first-order valence-corrected chi connectivity index (χ1v) is 5.03. The summed E-state index contributed by atoms with van der Waals surface area (Å²) in [6, 6.07) is 7.36. The Kier molecular flexibility index (Phi) is 2.87. The third-order valence-corrected chi connectivity index (χ3v) is 2.34. The topological polar surface area (TPSA) is 55.6 Å². The number of anilines is 1. The van der Waals surface area contributed by atoms with E-state index < -0.39 is 0 Å². The molecule has 0 aromatic heterocycles. The van der Waals surface area contributed by atoms with Crippen LogP contribution in [-0.2, 0) is 16.1 Å². The molecule has 1 heterocycles. The van der Waals surface area contributed by atoms with Crippen molar-refractivity contribution in [2.45, 2.75) is 12.8 Å². The van der Waals surface area contributed by atoms with Gasteiger partial charge in [0.2, 0.25) is 0 Å². The first kappa shape index (κ1) is 9.98. The van der Waals surface area contributed by atoms with E-state index >= 15 is 0 Å². The third kappa shape index (κ3) is 2.47. The van der Waals surface area contributed by atoms with Crippen molar-refractivity contribution in [3.05, 3.63) is 29.8 Å². The van der Waals surface area contributed by atoms with Crippen LogP contribution in [0.3, 0.4) is 0 Å². The highest BCUT2D eigenvalue weighted by atomic mass is 16.7. The lowest BCUT2D eigenvalue weighted by molar-refractivity contribution is -0.167. The average molecular weight is 206 g/mol. The molecular formula is C11H14N2O2. The molecule has 1 aliphatic rings. The van der Waals surface area contributed by atoms with Crippen molar-refractivity contribution in [1.82, 2.24) is 5.06 Å². The summed E-state index contributed by atoms with van der Waals surface area (Å²) in [5.74, 6) is -0.00176. The predicted molar refractivity (Wildman–Crippen MR) is 56.8 cm³/mol. The minimum absolute atomic E-state index is 0.00176. The molecular weight excluding hydrogens is 192 g/mol. The van der Waals surface area contributed by atoms with E-state index in [0.717, 1.165) is 12.0 Å². The molecule has 0 aliphatic carbocycles. The van der Waals surface area contributed by atoms with E-state index in [4.69, 9.17) is 10.6 Å². The maximum absolute atomic E-state index is 11.7. The Bertz CT molecular complexity index is 359. The van der Waals surface area contributed by atoms with E-state index in [9.17, 15) is 4.79 Å². The van der Waals surface area contributed by atoms with Gasteiger partial charge in [-0.3, -0.25) is 9.63 Å². The monoisotopic (exact) mass is 206 g/mol. The minimum Gasteiger partial charge on any atom is -0.399 e. The first-order chi connectivity index (χ1) is 7.25. The van der Waals surface area contributed by atoms with Crippen LogP contribution in [0.1, 0.15) is 12.0 Å². The van der Waals surface area contributed by atoms with Gasteiger partial charge in [-0.25, -0.2) is 5.06 Å². The van der Waals surface area contributed by atoms with Gasteiger partial charge in [0.25, 0.3) is 5.91 Å². The highest BCUT2D eigenvalue weighted by Gasteiger charge is 2.19. The molecule has 4 nitrogen and oxygen atoms in total. The number of carbonyl (C=O) groups is 1. The number of benzene rings is 1. The van der Waals surface area contributed by atoms with Crippen LogP contribution < -0.4 is 5.73 Å². The van der Waals surface area contributed by atoms with Crippen molar-refractivity contribution in [2.24, 2.45) is 0 Å². The maximum atomic E-state index is 11.7. The Morgan fingerprint density at radius 2 is 2.40 bits per heavy atom. The molecule has 0 radical (unpaired) electrons. The van der Waals surface area contributed by atoms with Gasteiger partial charge >= 0.3 is 0 Å².